The third-order valence-corrected chi connectivity index (χ3v) is 9.92. The summed E-state index contributed by atoms with van der Waals surface area (Å²) in [6.45, 7) is 1.41. The van der Waals surface area contributed by atoms with Gasteiger partial charge in [0.15, 0.2) is 0 Å². The van der Waals surface area contributed by atoms with Gasteiger partial charge in [-0.25, -0.2) is 0 Å². The van der Waals surface area contributed by atoms with Crippen molar-refractivity contribution < 1.29 is 27.0 Å². The molecule has 226 valence electrons. The number of benzene rings is 3. The van der Waals surface area contributed by atoms with Gasteiger partial charge in [-0.05, 0) is 66.6 Å². The number of hydrogen-bond donors (Lipinski definition) is 2. The Morgan fingerprint density at radius 2 is 1.05 bits per heavy atom. The summed E-state index contributed by atoms with van der Waals surface area (Å²) in [6.07, 6.45) is -6.73. The summed E-state index contributed by atoms with van der Waals surface area (Å²) in [4.78, 5) is 3.30. The molecule has 6 nitrogen and oxygen atoms in total. The second kappa shape index (κ2) is 11.6. The maximum Gasteiger partial charge on any atom is 0.383 e. The van der Waals surface area contributed by atoms with Crippen LogP contribution in [-0.2, 0) is 21.7 Å². The van der Waals surface area contributed by atoms with Crippen LogP contribution in [0, 0.1) is 0 Å². The number of rotatable bonds is 9. The molecule has 3 heterocycles. The molecule has 0 amide bonds. The van der Waals surface area contributed by atoms with Crippen LogP contribution in [0.25, 0.3) is 52.8 Å². The van der Waals surface area contributed by atoms with Crippen LogP contribution in [0.2, 0.25) is 0 Å². The Balaban J connectivity index is 1.34. The molecule has 0 aliphatic carbocycles. The van der Waals surface area contributed by atoms with E-state index in [0.717, 1.165) is 49.5 Å². The lowest BCUT2D eigenvalue weighted by Crippen LogP contribution is -2.17. The summed E-state index contributed by atoms with van der Waals surface area (Å²) >= 11 is 3.91. The fraction of sp³-hybridized carbons (Fsp3) is 0.161. The van der Waals surface area contributed by atoms with Crippen LogP contribution in [-0.4, -0.2) is 22.5 Å². The van der Waals surface area contributed by atoms with E-state index in [1.807, 2.05) is 24.3 Å². The van der Waals surface area contributed by atoms with Gasteiger partial charge in [0.05, 0.1) is 40.8 Å². The van der Waals surface area contributed by atoms with E-state index >= 15 is 0 Å². The average molecular weight is 657 g/mol. The van der Waals surface area contributed by atoms with Gasteiger partial charge in [0.25, 0.3) is 0 Å². The number of anilines is 2. The van der Waals surface area contributed by atoms with Gasteiger partial charge in [0.1, 0.15) is 11.0 Å². The first kappa shape index (κ1) is 30.2. The van der Waals surface area contributed by atoms with Crippen LogP contribution < -0.4 is 11.5 Å². The van der Waals surface area contributed by atoms with E-state index in [1.165, 1.54) is 53.9 Å². The Kier molecular flexibility index (Phi) is 7.92. The zero-order chi connectivity index (χ0) is 31.2. The van der Waals surface area contributed by atoms with Crippen LogP contribution in [0.4, 0.5) is 28.9 Å². The van der Waals surface area contributed by atoms with Gasteiger partial charge < -0.3 is 20.9 Å². The van der Waals surface area contributed by atoms with E-state index in [0.29, 0.717) is 33.5 Å². The van der Waals surface area contributed by atoms with E-state index in [2.05, 4.69) is 18.2 Å². The highest BCUT2D eigenvalue weighted by Crippen LogP contribution is 2.49. The lowest BCUT2D eigenvalue weighted by molar-refractivity contribution is -0.245. The first-order chi connectivity index (χ1) is 21.0. The van der Waals surface area contributed by atoms with Crippen molar-refractivity contribution in [3.63, 3.8) is 0 Å². The summed E-state index contributed by atoms with van der Waals surface area (Å²) < 4.78 is 74.0. The molecule has 0 bridgehead atoms. The second-order valence-electron chi connectivity index (χ2n) is 9.69. The molecular formula is C31H24F4N4O2S3. The molecule has 4 N–H and O–H groups in total. The number of hydrogen-bond acceptors (Lipinski definition) is 9. The number of fused-ring (bicyclic) bond motifs is 1. The number of nitrogen functional groups attached to an aromatic ring is 2. The first-order valence-electron chi connectivity index (χ1n) is 13.2. The highest BCUT2D eigenvalue weighted by atomic mass is 32.1. The van der Waals surface area contributed by atoms with Crippen molar-refractivity contribution in [1.82, 2.24) is 8.75 Å². The van der Waals surface area contributed by atoms with Gasteiger partial charge in [0.2, 0.25) is 0 Å². The van der Waals surface area contributed by atoms with Crippen molar-refractivity contribution in [3.05, 3.63) is 83.9 Å². The van der Waals surface area contributed by atoms with Crippen LogP contribution in [0.1, 0.15) is 18.1 Å². The number of halogens is 4. The predicted octanol–water partition coefficient (Wildman–Crippen LogP) is 9.43. The summed E-state index contributed by atoms with van der Waals surface area (Å²) in [5.74, 6) is 0. The van der Waals surface area contributed by atoms with Crippen LogP contribution in [0.3, 0.4) is 0 Å². The van der Waals surface area contributed by atoms with Gasteiger partial charge in [-0.3, -0.25) is 0 Å². The normalized spacial score (nSPS) is 12.3. The smallest absolute Gasteiger partial charge is 0.383 e. The molecule has 44 heavy (non-hydrogen) atoms. The zero-order valence-electron chi connectivity index (χ0n) is 23.2. The number of alkyl halides is 4. The maximum atomic E-state index is 14.1. The molecule has 0 spiro atoms. The molecular weight excluding hydrogens is 633 g/mol. The summed E-state index contributed by atoms with van der Waals surface area (Å²) in [5.41, 5.74) is 17.6. The highest BCUT2D eigenvalue weighted by molar-refractivity contribution is 7.19. The maximum absolute atomic E-state index is 14.1. The number of ether oxygens (including phenoxy) is 2. The Labute approximate surface area is 261 Å². The summed E-state index contributed by atoms with van der Waals surface area (Å²) in [6, 6.07) is 19.4. The summed E-state index contributed by atoms with van der Waals surface area (Å²) in [5, 5.41) is 0. The lowest BCUT2D eigenvalue weighted by Gasteiger charge is -2.16. The highest BCUT2D eigenvalue weighted by Gasteiger charge is 2.32. The molecule has 3 aromatic carbocycles. The van der Waals surface area contributed by atoms with E-state index < -0.39 is 12.2 Å². The monoisotopic (exact) mass is 656 g/mol. The number of nitrogens with zero attached hydrogens (tertiary/aromatic N) is 2. The SMILES string of the molecule is CCOC(F)(F)c1ccc(-c2ccc(-c3c(N)c(N)c(-c4ccc(-c5ccc(C(F)(F)OC)cc5)s4)c4nsnc34)s2)cc1. The van der Waals surface area contributed by atoms with Gasteiger partial charge in [-0.15, -0.1) is 22.7 Å². The largest absolute Gasteiger partial charge is 0.396 e. The van der Waals surface area contributed by atoms with Crippen LogP contribution in [0.15, 0.2) is 72.8 Å². The van der Waals surface area contributed by atoms with Gasteiger partial charge >= 0.3 is 12.2 Å². The van der Waals surface area contributed by atoms with Crippen molar-refractivity contribution in [2.75, 3.05) is 25.2 Å². The van der Waals surface area contributed by atoms with Crippen molar-refractivity contribution in [3.8, 4) is 41.8 Å². The van der Waals surface area contributed by atoms with Gasteiger partial charge in [-0.2, -0.15) is 26.3 Å². The molecule has 0 saturated carbocycles. The molecule has 0 saturated heterocycles. The first-order valence-corrected chi connectivity index (χ1v) is 15.6. The molecule has 0 atom stereocenters. The van der Waals surface area contributed by atoms with Crippen molar-refractivity contribution >= 4 is 56.8 Å². The Bertz CT molecular complexity index is 1950. The molecule has 6 rings (SSSR count). The standard InChI is InChI=1S/C31H24F4N4O2S3/c1-3-41-31(34,35)19-10-6-17(7-11-19)21-13-15-23(43-21)25-27(37)26(36)24(28-29(25)39-44-38-28)22-14-12-20(42-22)16-4-8-18(9-5-16)30(32,33)40-2/h4-15H,3,36-37H2,1-2H3. The fourth-order valence-electron chi connectivity index (χ4n) is 4.83. The third-order valence-electron chi connectivity index (χ3n) is 7.09. The molecule has 0 aliphatic rings. The minimum absolute atomic E-state index is 0.104. The van der Waals surface area contributed by atoms with Crippen molar-refractivity contribution in [2.24, 2.45) is 0 Å². The third kappa shape index (κ3) is 5.35. The molecule has 6 aromatic rings. The van der Waals surface area contributed by atoms with E-state index in [-0.39, 0.29) is 17.7 Å². The van der Waals surface area contributed by atoms with Crippen molar-refractivity contribution in [1.29, 1.82) is 0 Å². The topological polar surface area (TPSA) is 96.3 Å². The van der Waals surface area contributed by atoms with E-state index in [4.69, 9.17) is 11.5 Å². The molecule has 0 unspecified atom stereocenters. The second-order valence-corrected chi connectivity index (χ2v) is 12.4. The van der Waals surface area contributed by atoms with Gasteiger partial charge in [0, 0.05) is 37.7 Å². The van der Waals surface area contributed by atoms with Crippen LogP contribution >= 0.6 is 34.4 Å². The quantitative estimate of drug-likeness (QED) is 0.119. The molecule has 0 aliphatic heterocycles. The minimum Gasteiger partial charge on any atom is -0.396 e. The van der Waals surface area contributed by atoms with Gasteiger partial charge in [-0.1, -0.05) is 24.3 Å². The zero-order valence-corrected chi connectivity index (χ0v) is 25.7. The number of thiophene rings is 2. The Hall–Kier alpha value is -3.88. The fourth-order valence-corrected chi connectivity index (χ4v) is 7.54. The lowest BCUT2D eigenvalue weighted by atomic mass is 10.0. The predicted molar refractivity (Wildman–Crippen MR) is 170 cm³/mol. The number of aromatic nitrogens is 2. The molecule has 13 heteroatoms. The van der Waals surface area contributed by atoms with Crippen molar-refractivity contribution in [2.45, 2.75) is 19.1 Å². The minimum atomic E-state index is -3.37. The van der Waals surface area contributed by atoms with Crippen LogP contribution in [0.5, 0.6) is 0 Å². The van der Waals surface area contributed by atoms with E-state index in [1.54, 1.807) is 24.3 Å². The number of nitrogens with two attached hydrogens (primary N) is 2. The summed E-state index contributed by atoms with van der Waals surface area (Å²) in [7, 11) is 0.959. The molecule has 0 radical (unpaired) electrons. The Morgan fingerprint density at radius 1 is 0.636 bits per heavy atom. The molecule has 3 aromatic heterocycles. The number of methoxy groups -OCH3 is 1. The van der Waals surface area contributed by atoms with E-state index in [9.17, 15) is 17.6 Å². The molecule has 0 fully saturated rings. The Morgan fingerprint density at radius 3 is 1.45 bits per heavy atom. The average Bonchev–Trinajstić information content (AvgIpc) is 3.80.